The van der Waals surface area contributed by atoms with Crippen LogP contribution in [0.25, 0.3) is 6.08 Å². The van der Waals surface area contributed by atoms with Gasteiger partial charge < -0.3 is 4.74 Å². The zero-order chi connectivity index (χ0) is 14.8. The van der Waals surface area contributed by atoms with Crippen LogP contribution in [0.3, 0.4) is 0 Å². The number of benzene rings is 1. The van der Waals surface area contributed by atoms with E-state index >= 15 is 0 Å². The van der Waals surface area contributed by atoms with Gasteiger partial charge in [0.25, 0.3) is 5.78 Å². The Kier molecular flexibility index (Phi) is 3.59. The van der Waals surface area contributed by atoms with Crippen molar-refractivity contribution >= 4 is 29.2 Å². The number of carbonyl (C=O) groups is 1. The number of allylic oxidation sites excluding steroid dienone is 6. The lowest BCUT2D eigenvalue weighted by molar-refractivity contribution is -0.417. The number of halogens is 1. The van der Waals surface area contributed by atoms with E-state index in [-0.39, 0.29) is 5.78 Å². The molecule has 3 rings (SSSR count). The lowest BCUT2D eigenvalue weighted by atomic mass is 10.0. The van der Waals surface area contributed by atoms with Crippen LogP contribution in [0.4, 0.5) is 0 Å². The number of ketones is 1. The van der Waals surface area contributed by atoms with E-state index in [1.807, 2.05) is 24.3 Å². The summed E-state index contributed by atoms with van der Waals surface area (Å²) in [7, 11) is 1.72. The maximum Gasteiger partial charge on any atom is 0.259 e. The first-order valence-electron chi connectivity index (χ1n) is 6.53. The molecule has 0 bridgehead atoms. The van der Waals surface area contributed by atoms with Gasteiger partial charge in [0.05, 0.1) is 5.57 Å². The molecule has 4 heteroatoms. The van der Waals surface area contributed by atoms with Crippen LogP contribution in [-0.4, -0.2) is 18.5 Å². The topological polar surface area (TPSA) is 40.3 Å². The van der Waals surface area contributed by atoms with Crippen molar-refractivity contribution in [3.05, 3.63) is 70.5 Å². The predicted octanol–water partition coefficient (Wildman–Crippen LogP) is 1.85. The van der Waals surface area contributed by atoms with Gasteiger partial charge >= 0.3 is 0 Å². The molecule has 0 atom stereocenters. The van der Waals surface area contributed by atoms with Crippen molar-refractivity contribution in [2.45, 2.75) is 0 Å². The Morgan fingerprint density at radius 1 is 1.10 bits per heavy atom. The second-order valence-corrected chi connectivity index (χ2v) is 5.04. The van der Waals surface area contributed by atoms with Gasteiger partial charge in [-0.1, -0.05) is 23.8 Å². The molecule has 21 heavy (non-hydrogen) atoms. The average Bonchev–Trinajstić information content (AvgIpc) is 2.68. The summed E-state index contributed by atoms with van der Waals surface area (Å²) < 4.78 is 5.84. The van der Waals surface area contributed by atoms with Crippen molar-refractivity contribution < 1.29 is 14.5 Å². The number of carbonyl (C=O) groups excluding carboxylic acids is 1. The Labute approximate surface area is 127 Å². The van der Waals surface area contributed by atoms with E-state index in [2.05, 4.69) is 4.99 Å². The molecule has 3 nitrogen and oxygen atoms in total. The van der Waals surface area contributed by atoms with Crippen LogP contribution in [0.5, 0.6) is 5.75 Å². The Hall–Kier alpha value is -2.39. The minimum absolute atomic E-state index is 0.0976. The van der Waals surface area contributed by atoms with Crippen LogP contribution in [0, 0.1) is 0 Å². The summed E-state index contributed by atoms with van der Waals surface area (Å²) in [4.78, 5) is 15.3. The summed E-state index contributed by atoms with van der Waals surface area (Å²) in [6.07, 6.45) is 10.8. The van der Waals surface area contributed by atoms with Crippen LogP contribution in [0.1, 0.15) is 5.56 Å². The minimum atomic E-state index is -0.0976. The van der Waals surface area contributed by atoms with Crippen LogP contribution in [-0.2, 0) is 4.79 Å². The molecular weight excluding hydrogens is 286 g/mol. The highest BCUT2D eigenvalue weighted by atomic mass is 35.5. The number of nitrogens with one attached hydrogen (secondary N) is 1. The van der Waals surface area contributed by atoms with Gasteiger partial charge in [-0.25, -0.2) is 4.99 Å². The molecule has 1 N–H and O–H groups in total. The number of ether oxygens (including phenoxy) is 1. The quantitative estimate of drug-likeness (QED) is 0.743. The molecule has 0 radical (unpaired) electrons. The highest BCUT2D eigenvalue weighted by Crippen LogP contribution is 2.31. The zero-order valence-electron chi connectivity index (χ0n) is 11.4. The Morgan fingerprint density at radius 3 is 2.71 bits per heavy atom. The lowest BCUT2D eigenvalue weighted by Gasteiger charge is -2.16. The first kappa shape index (κ1) is 13.6. The number of hydrogen-bond donors (Lipinski definition) is 1. The van der Waals surface area contributed by atoms with E-state index in [4.69, 9.17) is 16.3 Å². The molecule has 2 aliphatic rings. The van der Waals surface area contributed by atoms with Crippen LogP contribution in [0.2, 0.25) is 5.02 Å². The van der Waals surface area contributed by atoms with Crippen molar-refractivity contribution in [3.8, 4) is 5.75 Å². The van der Waals surface area contributed by atoms with Crippen molar-refractivity contribution in [1.29, 1.82) is 0 Å². The van der Waals surface area contributed by atoms with Gasteiger partial charge in [-0.15, -0.1) is 0 Å². The predicted molar refractivity (Wildman–Crippen MR) is 83.3 cm³/mol. The molecule has 1 heterocycles. The fraction of sp³-hybridized carbons (Fsp3) is 0.0588. The van der Waals surface area contributed by atoms with Crippen LogP contribution in [0.15, 0.2) is 59.9 Å². The van der Waals surface area contributed by atoms with Gasteiger partial charge in [0, 0.05) is 16.7 Å². The Bertz CT molecular complexity index is 767. The third-order valence-corrected chi connectivity index (χ3v) is 3.50. The number of Topliss-reactive ketones (excluding diaryl/α,β-unsaturated/α-hetero) is 1. The van der Waals surface area contributed by atoms with Gasteiger partial charge in [0.15, 0.2) is 0 Å². The number of hydrogen-bond acceptors (Lipinski definition) is 2. The van der Waals surface area contributed by atoms with Gasteiger partial charge in [0.1, 0.15) is 18.6 Å². The third-order valence-electron chi connectivity index (χ3n) is 3.27. The molecule has 0 spiro atoms. The molecule has 1 aliphatic heterocycles. The maximum absolute atomic E-state index is 12.4. The largest absolute Gasteiger partial charge is 0.456 e. The zero-order valence-corrected chi connectivity index (χ0v) is 12.1. The smallest absolute Gasteiger partial charge is 0.259 e. The molecule has 0 amide bonds. The van der Waals surface area contributed by atoms with E-state index in [1.54, 1.807) is 37.4 Å². The summed E-state index contributed by atoms with van der Waals surface area (Å²) in [5, 5.41) is 0.651. The summed E-state index contributed by atoms with van der Waals surface area (Å²) in [5.74, 6) is 1.12. The first-order chi connectivity index (χ1) is 10.2. The van der Waals surface area contributed by atoms with E-state index < -0.39 is 0 Å². The maximum atomic E-state index is 12.4. The van der Waals surface area contributed by atoms with Crippen molar-refractivity contribution in [3.63, 3.8) is 0 Å². The normalized spacial score (nSPS) is 22.2. The van der Waals surface area contributed by atoms with E-state index in [0.29, 0.717) is 27.8 Å². The van der Waals surface area contributed by atoms with Gasteiger partial charge in [0.2, 0.25) is 5.71 Å². The fourth-order valence-corrected chi connectivity index (χ4v) is 2.38. The fourth-order valence-electron chi connectivity index (χ4n) is 2.20. The Morgan fingerprint density at radius 2 is 1.90 bits per heavy atom. The summed E-state index contributed by atoms with van der Waals surface area (Å²) in [6, 6.07) is 5.39. The first-order valence-corrected chi connectivity index (χ1v) is 6.91. The summed E-state index contributed by atoms with van der Waals surface area (Å²) in [5.41, 5.74) is 1.94. The summed E-state index contributed by atoms with van der Waals surface area (Å²) in [6.45, 7) is 0. The van der Waals surface area contributed by atoms with Crippen LogP contribution < -0.4 is 9.73 Å². The van der Waals surface area contributed by atoms with Gasteiger partial charge in [-0.2, -0.15) is 0 Å². The van der Waals surface area contributed by atoms with Gasteiger partial charge in [-0.3, -0.25) is 4.79 Å². The molecule has 104 valence electrons. The second kappa shape index (κ2) is 5.54. The molecule has 1 aromatic rings. The molecule has 0 fully saturated rings. The van der Waals surface area contributed by atoms with Crippen molar-refractivity contribution in [2.75, 3.05) is 7.05 Å². The Balaban J connectivity index is 2.05. The second-order valence-electron chi connectivity index (χ2n) is 4.61. The molecule has 1 aromatic carbocycles. The lowest BCUT2D eigenvalue weighted by Crippen LogP contribution is -2.69. The summed E-state index contributed by atoms with van der Waals surface area (Å²) >= 11 is 5.96. The van der Waals surface area contributed by atoms with E-state index in [0.717, 1.165) is 5.56 Å². The van der Waals surface area contributed by atoms with Crippen molar-refractivity contribution in [1.82, 2.24) is 0 Å². The monoisotopic (exact) mass is 298 g/mol. The average molecular weight is 299 g/mol. The standard InChI is InChI=1S/C17H12ClNO2/c1-19-14-5-3-2-4-13(17(14)20)16-8-6-11-10-12(18)7-9-15(11)21-16/h2-10H,1H3/p+1/b16-13-,19-14?. The van der Waals surface area contributed by atoms with E-state index in [1.165, 1.54) is 0 Å². The molecular formula is C17H13ClNO2+. The number of fused-ring (bicyclic) bond motifs is 1. The van der Waals surface area contributed by atoms with E-state index in [9.17, 15) is 4.79 Å². The SMILES string of the molecule is C[NH+]=C1C=CC=C/C(=C2\C=Cc3cc(Cl)ccc3O2)C1=O. The molecule has 0 unspecified atom stereocenters. The third kappa shape index (κ3) is 2.60. The molecule has 0 saturated heterocycles. The number of rotatable bonds is 0. The molecule has 0 aromatic heterocycles. The highest BCUT2D eigenvalue weighted by Gasteiger charge is 2.24. The molecule has 1 aliphatic carbocycles. The van der Waals surface area contributed by atoms with Gasteiger partial charge in [-0.05, 0) is 36.4 Å². The van der Waals surface area contributed by atoms with Crippen molar-refractivity contribution in [2.24, 2.45) is 0 Å². The van der Waals surface area contributed by atoms with Crippen LogP contribution >= 0.6 is 11.6 Å². The molecule has 0 saturated carbocycles. The minimum Gasteiger partial charge on any atom is -0.456 e. The highest BCUT2D eigenvalue weighted by molar-refractivity contribution is 6.48.